The van der Waals surface area contributed by atoms with Crippen LogP contribution in [0.25, 0.3) is 11.1 Å². The molecule has 0 radical (unpaired) electrons. The molecule has 7 nitrogen and oxygen atoms in total. The Bertz CT molecular complexity index is 1450. The third-order valence-electron chi connectivity index (χ3n) is 5.94. The van der Waals surface area contributed by atoms with Gasteiger partial charge in [0.25, 0.3) is 0 Å². The fourth-order valence-electron chi connectivity index (χ4n) is 4.54. The molecule has 0 bridgehead atoms. The molecule has 2 aliphatic heterocycles. The first-order valence-electron chi connectivity index (χ1n) is 10.9. The molecular weight excluding hydrogens is 507 g/mol. The maximum absolute atomic E-state index is 11.6. The summed E-state index contributed by atoms with van der Waals surface area (Å²) >= 11 is 12.5. The average molecular weight is 529 g/mol. The number of nitrogens with zero attached hydrogens (tertiary/aromatic N) is 3. The molecular formula is C25H22Cl2N4O3S. The normalized spacial score (nSPS) is 19.7. The number of aliphatic imine (C=N–C) groups is 2. The molecule has 0 aliphatic carbocycles. The van der Waals surface area contributed by atoms with Crippen molar-refractivity contribution in [2.75, 3.05) is 19.3 Å². The van der Waals surface area contributed by atoms with Gasteiger partial charge in [-0.25, -0.2) is 4.99 Å². The van der Waals surface area contributed by atoms with Crippen molar-refractivity contribution >= 4 is 45.1 Å². The quantitative estimate of drug-likeness (QED) is 0.485. The zero-order valence-corrected chi connectivity index (χ0v) is 21.1. The summed E-state index contributed by atoms with van der Waals surface area (Å²) in [5.74, 6) is 1.33. The molecule has 0 aromatic heterocycles. The molecule has 0 spiro atoms. The molecule has 10 heteroatoms. The van der Waals surface area contributed by atoms with Crippen LogP contribution >= 0.6 is 23.2 Å². The standard InChI is InChI=1S/C25H22Cl2N4O3S/c1-35(32,33)34-22-8-6-18(7-9-22)25(23-29-10-3-11-31(23)24(28)30-25)19-5-2-4-16(12-19)17-13-20(26)15-21(27)14-17/h2,4-9,12-15H,3,10-11H2,1H3,(H2,28,30). The lowest BCUT2D eigenvalue weighted by atomic mass is 9.81. The van der Waals surface area contributed by atoms with Crippen LogP contribution < -0.4 is 9.92 Å². The molecule has 0 saturated heterocycles. The second-order valence-electron chi connectivity index (χ2n) is 8.44. The molecule has 35 heavy (non-hydrogen) atoms. The Morgan fingerprint density at radius 3 is 2.37 bits per heavy atom. The lowest BCUT2D eigenvalue weighted by Crippen LogP contribution is -2.46. The van der Waals surface area contributed by atoms with E-state index in [2.05, 4.69) is 0 Å². The topological polar surface area (TPSA) is 97.3 Å². The number of halogens is 2. The number of benzene rings is 3. The molecule has 3 aromatic rings. The molecule has 2 aliphatic rings. The number of hydrogen-bond acceptors (Lipinski definition) is 7. The van der Waals surface area contributed by atoms with Gasteiger partial charge in [-0.15, -0.1) is 0 Å². The predicted octanol–water partition coefficient (Wildman–Crippen LogP) is 4.67. The largest absolute Gasteiger partial charge is 0.383 e. The highest BCUT2D eigenvalue weighted by Crippen LogP contribution is 2.43. The van der Waals surface area contributed by atoms with Gasteiger partial charge in [-0.2, -0.15) is 8.42 Å². The monoisotopic (exact) mass is 528 g/mol. The van der Waals surface area contributed by atoms with Crippen LogP contribution in [0.3, 0.4) is 0 Å². The Morgan fingerprint density at radius 1 is 0.971 bits per heavy atom. The van der Waals surface area contributed by atoms with E-state index in [9.17, 15) is 8.42 Å². The molecule has 2 N–H and O–H groups in total. The third-order valence-corrected chi connectivity index (χ3v) is 6.87. The summed E-state index contributed by atoms with van der Waals surface area (Å²) in [4.78, 5) is 11.7. The Hall–Kier alpha value is -3.07. The summed E-state index contributed by atoms with van der Waals surface area (Å²) in [5.41, 5.74) is 8.81. The van der Waals surface area contributed by atoms with Crippen LogP contribution in [0.1, 0.15) is 17.5 Å². The number of amidine groups is 1. The summed E-state index contributed by atoms with van der Waals surface area (Å²) < 4.78 is 28.2. The van der Waals surface area contributed by atoms with Crippen molar-refractivity contribution in [3.63, 3.8) is 0 Å². The van der Waals surface area contributed by atoms with Gasteiger partial charge >= 0.3 is 10.1 Å². The van der Waals surface area contributed by atoms with Gasteiger partial charge in [-0.1, -0.05) is 53.5 Å². The second kappa shape index (κ2) is 8.86. The van der Waals surface area contributed by atoms with Crippen molar-refractivity contribution in [1.29, 1.82) is 0 Å². The maximum atomic E-state index is 11.6. The number of hydrogen-bond donors (Lipinski definition) is 1. The summed E-state index contributed by atoms with van der Waals surface area (Å²) in [6.45, 7) is 1.38. The highest BCUT2D eigenvalue weighted by atomic mass is 35.5. The Balaban J connectivity index is 1.69. The van der Waals surface area contributed by atoms with Crippen LogP contribution in [-0.4, -0.2) is 44.5 Å². The summed E-state index contributed by atoms with van der Waals surface area (Å²) in [7, 11) is -3.65. The van der Waals surface area contributed by atoms with Crippen molar-refractivity contribution in [3.05, 3.63) is 87.9 Å². The summed E-state index contributed by atoms with van der Waals surface area (Å²) in [6, 6.07) is 20.1. The van der Waals surface area contributed by atoms with Gasteiger partial charge in [0.15, 0.2) is 11.5 Å². The minimum Gasteiger partial charge on any atom is -0.383 e. The van der Waals surface area contributed by atoms with E-state index in [-0.39, 0.29) is 5.75 Å². The minimum absolute atomic E-state index is 0.214. The molecule has 0 amide bonds. The van der Waals surface area contributed by atoms with Gasteiger partial charge in [-0.05, 0) is 65.1 Å². The van der Waals surface area contributed by atoms with Crippen LogP contribution in [-0.2, 0) is 15.7 Å². The Labute approximate surface area is 214 Å². The van der Waals surface area contributed by atoms with Crippen molar-refractivity contribution in [1.82, 2.24) is 4.90 Å². The van der Waals surface area contributed by atoms with Gasteiger partial charge in [0.1, 0.15) is 11.6 Å². The van der Waals surface area contributed by atoms with Crippen LogP contribution in [0.2, 0.25) is 10.0 Å². The van der Waals surface area contributed by atoms with Crippen LogP contribution in [0.4, 0.5) is 0 Å². The summed E-state index contributed by atoms with van der Waals surface area (Å²) in [5, 5.41) is 1.08. The third kappa shape index (κ3) is 4.49. The van der Waals surface area contributed by atoms with E-state index < -0.39 is 15.7 Å². The van der Waals surface area contributed by atoms with Gasteiger partial charge in [0.2, 0.25) is 0 Å². The molecule has 0 fully saturated rings. The van der Waals surface area contributed by atoms with Gasteiger partial charge < -0.3 is 9.92 Å². The number of fused-ring (bicyclic) bond motifs is 1. The fourth-order valence-corrected chi connectivity index (χ4v) is 5.53. The Kier molecular flexibility index (Phi) is 5.99. The highest BCUT2D eigenvalue weighted by molar-refractivity contribution is 7.86. The van der Waals surface area contributed by atoms with Gasteiger partial charge in [-0.3, -0.25) is 9.89 Å². The predicted molar refractivity (Wildman–Crippen MR) is 140 cm³/mol. The molecule has 2 heterocycles. The first-order valence-corrected chi connectivity index (χ1v) is 13.5. The van der Waals surface area contributed by atoms with Crippen LogP contribution in [0, 0.1) is 0 Å². The van der Waals surface area contributed by atoms with Gasteiger partial charge in [0.05, 0.1) is 6.26 Å². The minimum atomic E-state index is -3.65. The second-order valence-corrected chi connectivity index (χ2v) is 10.9. The number of rotatable bonds is 5. The van der Waals surface area contributed by atoms with E-state index in [0.29, 0.717) is 22.5 Å². The van der Waals surface area contributed by atoms with E-state index in [0.717, 1.165) is 47.3 Å². The molecule has 1 unspecified atom stereocenters. The molecule has 0 saturated carbocycles. The molecule has 1 atom stereocenters. The zero-order valence-electron chi connectivity index (χ0n) is 18.8. The molecule has 5 rings (SSSR count). The van der Waals surface area contributed by atoms with Crippen molar-refractivity contribution in [2.24, 2.45) is 15.7 Å². The Morgan fingerprint density at radius 2 is 1.69 bits per heavy atom. The van der Waals surface area contributed by atoms with Crippen LogP contribution in [0.15, 0.2) is 76.7 Å². The number of nitrogens with two attached hydrogens (primary N) is 1. The van der Waals surface area contributed by atoms with E-state index in [1.54, 1.807) is 30.3 Å². The maximum Gasteiger partial charge on any atom is 0.306 e. The van der Waals surface area contributed by atoms with Crippen molar-refractivity contribution < 1.29 is 12.6 Å². The lowest BCUT2D eigenvalue weighted by Gasteiger charge is -2.33. The first-order chi connectivity index (χ1) is 16.7. The molecule has 3 aromatic carbocycles. The van der Waals surface area contributed by atoms with E-state index in [4.69, 9.17) is 43.1 Å². The van der Waals surface area contributed by atoms with E-state index in [1.807, 2.05) is 41.3 Å². The van der Waals surface area contributed by atoms with Crippen molar-refractivity contribution in [3.8, 4) is 16.9 Å². The summed E-state index contributed by atoms with van der Waals surface area (Å²) in [6.07, 6.45) is 1.88. The van der Waals surface area contributed by atoms with Crippen molar-refractivity contribution in [2.45, 2.75) is 12.0 Å². The average Bonchev–Trinajstić information content (AvgIpc) is 3.12. The molecule has 180 valence electrons. The fraction of sp³-hybridized carbons (Fsp3) is 0.200. The van der Waals surface area contributed by atoms with Crippen LogP contribution in [0.5, 0.6) is 5.75 Å². The van der Waals surface area contributed by atoms with E-state index in [1.165, 1.54) is 0 Å². The smallest absolute Gasteiger partial charge is 0.306 e. The zero-order chi connectivity index (χ0) is 24.8. The van der Waals surface area contributed by atoms with E-state index >= 15 is 0 Å². The SMILES string of the molecule is CS(=O)(=O)Oc1ccc(C2(c3cccc(-c4cc(Cl)cc(Cl)c4)c3)N=C(N)N3CCCN=C32)cc1. The lowest BCUT2D eigenvalue weighted by molar-refractivity contribution is 0.492. The first kappa shape index (κ1) is 23.7. The highest BCUT2D eigenvalue weighted by Gasteiger charge is 2.49. The van der Waals surface area contributed by atoms with Gasteiger partial charge in [0, 0.05) is 23.1 Å². The number of guanidine groups is 1.